The predicted molar refractivity (Wildman–Crippen MR) is 93.0 cm³/mol. The summed E-state index contributed by atoms with van der Waals surface area (Å²) in [5, 5.41) is 4.76. The second-order valence-electron chi connectivity index (χ2n) is 7.91. The third-order valence-electron chi connectivity index (χ3n) is 5.34. The predicted octanol–water partition coefficient (Wildman–Crippen LogP) is 4.60. The van der Waals surface area contributed by atoms with Gasteiger partial charge in [-0.1, -0.05) is 20.8 Å². The highest BCUT2D eigenvalue weighted by Gasteiger charge is 2.35. The summed E-state index contributed by atoms with van der Waals surface area (Å²) in [6.07, 6.45) is 5.31. The summed E-state index contributed by atoms with van der Waals surface area (Å²) in [6.45, 7) is 12.7. The van der Waals surface area contributed by atoms with Crippen LogP contribution in [0.15, 0.2) is 0 Å². The Balaban J connectivity index is 2.10. The molecular formula is C18H32N2S. The van der Waals surface area contributed by atoms with Gasteiger partial charge in [0.05, 0.1) is 10.7 Å². The van der Waals surface area contributed by atoms with E-state index in [4.69, 9.17) is 4.98 Å². The van der Waals surface area contributed by atoms with Crippen LogP contribution in [0.2, 0.25) is 0 Å². The van der Waals surface area contributed by atoms with Crippen molar-refractivity contribution in [3.63, 3.8) is 0 Å². The van der Waals surface area contributed by atoms with Gasteiger partial charge in [0, 0.05) is 11.3 Å². The van der Waals surface area contributed by atoms with Crippen molar-refractivity contribution >= 4 is 11.3 Å². The van der Waals surface area contributed by atoms with Crippen LogP contribution < -0.4 is 5.32 Å². The minimum atomic E-state index is 0.442. The Labute approximate surface area is 134 Å². The number of thiazole rings is 1. The molecule has 0 radical (unpaired) electrons. The number of hydrogen-bond acceptors (Lipinski definition) is 3. The molecule has 1 heterocycles. The monoisotopic (exact) mass is 308 g/mol. The summed E-state index contributed by atoms with van der Waals surface area (Å²) in [4.78, 5) is 6.17. The molecule has 21 heavy (non-hydrogen) atoms. The van der Waals surface area contributed by atoms with Crippen LogP contribution in [-0.4, -0.2) is 18.6 Å². The SMILES string of the molecule is CNCC1CCC(C(C)(C)C)CC1Cc1nc(C)c(C)s1. The molecule has 1 saturated carbocycles. The summed E-state index contributed by atoms with van der Waals surface area (Å²) in [5.41, 5.74) is 1.67. The average Bonchev–Trinajstić information content (AvgIpc) is 2.69. The Morgan fingerprint density at radius 1 is 1.19 bits per heavy atom. The topological polar surface area (TPSA) is 24.9 Å². The lowest BCUT2D eigenvalue weighted by atomic mass is 9.65. The molecule has 0 spiro atoms. The van der Waals surface area contributed by atoms with Crippen LogP contribution in [0.25, 0.3) is 0 Å². The largest absolute Gasteiger partial charge is 0.319 e. The smallest absolute Gasteiger partial charge is 0.0933 e. The van der Waals surface area contributed by atoms with Crippen molar-refractivity contribution in [3.05, 3.63) is 15.6 Å². The Kier molecular flexibility index (Phi) is 5.48. The van der Waals surface area contributed by atoms with E-state index in [2.05, 4.69) is 47.0 Å². The van der Waals surface area contributed by atoms with Crippen molar-refractivity contribution in [1.82, 2.24) is 10.3 Å². The van der Waals surface area contributed by atoms with Crippen molar-refractivity contribution in [1.29, 1.82) is 0 Å². The zero-order chi connectivity index (χ0) is 15.6. The molecule has 0 amide bonds. The highest BCUT2D eigenvalue weighted by atomic mass is 32.1. The van der Waals surface area contributed by atoms with Crippen LogP contribution in [0.5, 0.6) is 0 Å². The zero-order valence-corrected chi connectivity index (χ0v) is 15.4. The van der Waals surface area contributed by atoms with Crippen molar-refractivity contribution in [2.45, 2.75) is 60.3 Å². The maximum Gasteiger partial charge on any atom is 0.0933 e. The van der Waals surface area contributed by atoms with E-state index >= 15 is 0 Å². The van der Waals surface area contributed by atoms with E-state index in [9.17, 15) is 0 Å². The van der Waals surface area contributed by atoms with Gasteiger partial charge >= 0.3 is 0 Å². The van der Waals surface area contributed by atoms with Crippen molar-refractivity contribution in [3.8, 4) is 0 Å². The molecule has 0 bridgehead atoms. The van der Waals surface area contributed by atoms with Crippen LogP contribution in [0, 0.1) is 37.0 Å². The first-order chi connectivity index (χ1) is 9.81. The lowest BCUT2D eigenvalue weighted by Crippen LogP contribution is -2.36. The molecule has 3 heteroatoms. The second-order valence-corrected chi connectivity index (χ2v) is 9.19. The first-order valence-corrected chi connectivity index (χ1v) is 9.20. The standard InChI is InChI=1S/C18H32N2S/c1-12-13(2)21-17(20-12)10-15-9-16(18(3,4)5)8-7-14(15)11-19-6/h14-16,19H,7-11H2,1-6H3. The summed E-state index contributed by atoms with van der Waals surface area (Å²) < 4.78 is 0. The first kappa shape index (κ1) is 17.0. The van der Waals surface area contributed by atoms with Gasteiger partial charge in [0.15, 0.2) is 0 Å². The number of hydrogen-bond donors (Lipinski definition) is 1. The molecule has 1 fully saturated rings. The Bertz CT molecular complexity index is 439. The number of rotatable bonds is 4. The Morgan fingerprint density at radius 2 is 1.90 bits per heavy atom. The lowest BCUT2D eigenvalue weighted by molar-refractivity contribution is 0.0980. The molecular weight excluding hydrogens is 276 g/mol. The fraction of sp³-hybridized carbons (Fsp3) is 0.833. The van der Waals surface area contributed by atoms with Crippen LogP contribution in [0.4, 0.5) is 0 Å². The maximum atomic E-state index is 4.78. The molecule has 2 nitrogen and oxygen atoms in total. The van der Waals surface area contributed by atoms with Gasteiger partial charge in [-0.3, -0.25) is 0 Å². The maximum absolute atomic E-state index is 4.78. The highest BCUT2D eigenvalue weighted by Crippen LogP contribution is 2.44. The number of nitrogens with zero attached hydrogens (tertiary/aromatic N) is 1. The summed E-state index contributed by atoms with van der Waals surface area (Å²) in [6, 6.07) is 0. The third kappa shape index (κ3) is 4.29. The van der Waals surface area contributed by atoms with Crippen molar-refractivity contribution < 1.29 is 0 Å². The molecule has 1 aromatic heterocycles. The molecule has 2 rings (SSSR count). The third-order valence-corrected chi connectivity index (χ3v) is 6.44. The van der Waals surface area contributed by atoms with Crippen LogP contribution in [-0.2, 0) is 6.42 Å². The zero-order valence-electron chi connectivity index (χ0n) is 14.6. The molecule has 0 aliphatic heterocycles. The van der Waals surface area contributed by atoms with Gasteiger partial charge in [-0.15, -0.1) is 11.3 Å². The minimum absolute atomic E-state index is 0.442. The van der Waals surface area contributed by atoms with Gasteiger partial charge in [-0.25, -0.2) is 4.98 Å². The Hall–Kier alpha value is -0.410. The van der Waals surface area contributed by atoms with Crippen LogP contribution >= 0.6 is 11.3 Å². The van der Waals surface area contributed by atoms with E-state index in [-0.39, 0.29) is 0 Å². The van der Waals surface area contributed by atoms with Crippen LogP contribution in [0.1, 0.15) is 55.6 Å². The lowest BCUT2D eigenvalue weighted by Gasteiger charge is -2.42. The van der Waals surface area contributed by atoms with Gasteiger partial charge < -0.3 is 5.32 Å². The molecule has 1 N–H and O–H groups in total. The first-order valence-electron chi connectivity index (χ1n) is 8.38. The molecule has 3 atom stereocenters. The Morgan fingerprint density at radius 3 is 2.43 bits per heavy atom. The molecule has 0 aromatic carbocycles. The second kappa shape index (κ2) is 6.78. The van der Waals surface area contributed by atoms with Gasteiger partial charge in [-0.2, -0.15) is 0 Å². The fourth-order valence-corrected chi connectivity index (χ4v) is 4.77. The van der Waals surface area contributed by atoms with E-state index in [0.717, 1.165) is 24.3 Å². The van der Waals surface area contributed by atoms with Gasteiger partial charge in [-0.05, 0) is 69.9 Å². The van der Waals surface area contributed by atoms with Gasteiger partial charge in [0.2, 0.25) is 0 Å². The molecule has 1 aromatic rings. The molecule has 1 aliphatic rings. The molecule has 3 unspecified atom stereocenters. The molecule has 120 valence electrons. The van der Waals surface area contributed by atoms with E-state index in [0.29, 0.717) is 5.41 Å². The average molecular weight is 309 g/mol. The van der Waals surface area contributed by atoms with E-state index in [1.807, 2.05) is 11.3 Å². The summed E-state index contributed by atoms with van der Waals surface area (Å²) in [5.74, 6) is 2.47. The number of nitrogens with one attached hydrogen (secondary N) is 1. The normalized spacial score (nSPS) is 27.0. The van der Waals surface area contributed by atoms with E-state index in [1.165, 1.54) is 41.3 Å². The number of aromatic nitrogens is 1. The van der Waals surface area contributed by atoms with Crippen LogP contribution in [0.3, 0.4) is 0 Å². The minimum Gasteiger partial charge on any atom is -0.319 e. The highest BCUT2D eigenvalue weighted by molar-refractivity contribution is 7.11. The van der Waals surface area contributed by atoms with E-state index < -0.39 is 0 Å². The van der Waals surface area contributed by atoms with Crippen molar-refractivity contribution in [2.24, 2.45) is 23.2 Å². The fourth-order valence-electron chi connectivity index (χ4n) is 3.74. The van der Waals surface area contributed by atoms with E-state index in [1.54, 1.807) is 0 Å². The summed E-state index contributed by atoms with van der Waals surface area (Å²) in [7, 11) is 2.09. The number of aryl methyl sites for hydroxylation is 2. The molecule has 1 aliphatic carbocycles. The quantitative estimate of drug-likeness (QED) is 0.879. The molecule has 0 saturated heterocycles. The summed E-state index contributed by atoms with van der Waals surface area (Å²) >= 11 is 1.91. The van der Waals surface area contributed by atoms with Crippen molar-refractivity contribution in [2.75, 3.05) is 13.6 Å². The van der Waals surface area contributed by atoms with Gasteiger partial charge in [0.1, 0.15) is 0 Å². The van der Waals surface area contributed by atoms with Gasteiger partial charge in [0.25, 0.3) is 0 Å².